The van der Waals surface area contributed by atoms with Crippen molar-refractivity contribution in [1.82, 2.24) is 35.4 Å². The molecule has 0 bridgehead atoms. The Kier molecular flexibility index (Phi) is 6.99. The summed E-state index contributed by atoms with van der Waals surface area (Å²) in [5.74, 6) is 4.42. The molecular formula is C27H34N8. The van der Waals surface area contributed by atoms with E-state index in [1.54, 1.807) is 0 Å². The standard InChI is InChI=1S/C27H34N8/c1-18(2)15-25-29-27(22-13-7-19(16-28)8-14-22)35(32-25)17-20-9-11-21(12-10-20)23-5-3-4-6-24(23)26-30-33-34-31-26/h3-6,9-12,18-19,22H,7-8,13-17,28H2,1-2H3,(H,30,31,33,34). The molecule has 1 aliphatic carbocycles. The normalized spacial score (nSPS) is 18.3. The van der Waals surface area contributed by atoms with E-state index in [-0.39, 0.29) is 0 Å². The third-order valence-electron chi connectivity index (χ3n) is 7.01. The third-order valence-corrected chi connectivity index (χ3v) is 7.01. The number of benzene rings is 2. The van der Waals surface area contributed by atoms with E-state index in [0.29, 0.717) is 23.6 Å². The van der Waals surface area contributed by atoms with Gasteiger partial charge in [-0.1, -0.05) is 62.4 Å². The van der Waals surface area contributed by atoms with Crippen molar-refractivity contribution in [2.45, 2.75) is 58.4 Å². The number of hydrogen-bond acceptors (Lipinski definition) is 6. The lowest BCUT2D eigenvalue weighted by atomic mass is 9.81. The predicted octanol–water partition coefficient (Wildman–Crippen LogP) is 4.60. The zero-order valence-corrected chi connectivity index (χ0v) is 20.6. The third kappa shape index (κ3) is 5.32. The van der Waals surface area contributed by atoms with Gasteiger partial charge in [-0.2, -0.15) is 5.10 Å². The summed E-state index contributed by atoms with van der Waals surface area (Å²) in [5.41, 5.74) is 10.3. The molecule has 1 saturated carbocycles. The van der Waals surface area contributed by atoms with Crippen molar-refractivity contribution in [2.24, 2.45) is 17.6 Å². The first-order valence-electron chi connectivity index (χ1n) is 12.7. The summed E-state index contributed by atoms with van der Waals surface area (Å²) in [7, 11) is 0. The highest BCUT2D eigenvalue weighted by atomic mass is 15.5. The van der Waals surface area contributed by atoms with Gasteiger partial charge in [-0.25, -0.2) is 14.8 Å². The number of H-pyrrole nitrogens is 1. The molecule has 1 fully saturated rings. The van der Waals surface area contributed by atoms with E-state index in [0.717, 1.165) is 60.7 Å². The van der Waals surface area contributed by atoms with E-state index in [2.05, 4.69) is 69.5 Å². The van der Waals surface area contributed by atoms with Crippen molar-refractivity contribution in [3.8, 4) is 22.5 Å². The molecule has 2 aromatic carbocycles. The van der Waals surface area contributed by atoms with E-state index in [1.165, 1.54) is 18.4 Å². The van der Waals surface area contributed by atoms with Crippen LogP contribution in [0.3, 0.4) is 0 Å². The monoisotopic (exact) mass is 470 g/mol. The van der Waals surface area contributed by atoms with Gasteiger partial charge in [0.1, 0.15) is 5.82 Å². The van der Waals surface area contributed by atoms with Gasteiger partial charge in [0.15, 0.2) is 11.6 Å². The first-order valence-corrected chi connectivity index (χ1v) is 12.7. The number of nitrogens with zero attached hydrogens (tertiary/aromatic N) is 6. The summed E-state index contributed by atoms with van der Waals surface area (Å²) in [6, 6.07) is 16.9. The lowest BCUT2D eigenvalue weighted by Crippen LogP contribution is -2.22. The number of tetrazole rings is 1. The minimum atomic E-state index is 0.466. The lowest BCUT2D eigenvalue weighted by Gasteiger charge is -2.27. The van der Waals surface area contributed by atoms with Crippen LogP contribution in [0.4, 0.5) is 0 Å². The molecule has 0 spiro atoms. The fourth-order valence-electron chi connectivity index (χ4n) is 5.11. The minimum Gasteiger partial charge on any atom is -0.330 e. The second-order valence-electron chi connectivity index (χ2n) is 10.1. The van der Waals surface area contributed by atoms with Gasteiger partial charge in [-0.15, -0.1) is 5.10 Å². The molecule has 4 aromatic rings. The van der Waals surface area contributed by atoms with E-state index in [9.17, 15) is 0 Å². The molecule has 0 unspecified atom stereocenters. The molecule has 1 aliphatic rings. The molecule has 0 aliphatic heterocycles. The highest BCUT2D eigenvalue weighted by molar-refractivity contribution is 5.80. The maximum atomic E-state index is 5.92. The van der Waals surface area contributed by atoms with E-state index < -0.39 is 0 Å². The summed E-state index contributed by atoms with van der Waals surface area (Å²) in [4.78, 5) is 5.02. The van der Waals surface area contributed by atoms with Crippen LogP contribution in [0.5, 0.6) is 0 Å². The maximum absolute atomic E-state index is 5.92. The van der Waals surface area contributed by atoms with Gasteiger partial charge in [0.2, 0.25) is 0 Å². The Morgan fingerprint density at radius 1 is 1.00 bits per heavy atom. The van der Waals surface area contributed by atoms with Gasteiger partial charge >= 0.3 is 0 Å². The minimum absolute atomic E-state index is 0.466. The van der Waals surface area contributed by atoms with Crippen molar-refractivity contribution in [2.75, 3.05) is 6.54 Å². The van der Waals surface area contributed by atoms with Crippen LogP contribution < -0.4 is 5.73 Å². The molecule has 0 radical (unpaired) electrons. The van der Waals surface area contributed by atoms with Crippen molar-refractivity contribution in [3.05, 3.63) is 65.7 Å². The largest absolute Gasteiger partial charge is 0.330 e. The van der Waals surface area contributed by atoms with E-state index in [1.807, 2.05) is 18.2 Å². The van der Waals surface area contributed by atoms with Crippen molar-refractivity contribution in [3.63, 3.8) is 0 Å². The van der Waals surface area contributed by atoms with E-state index >= 15 is 0 Å². The van der Waals surface area contributed by atoms with Crippen LogP contribution in [0, 0.1) is 11.8 Å². The molecule has 182 valence electrons. The highest BCUT2D eigenvalue weighted by Crippen LogP contribution is 2.35. The summed E-state index contributed by atoms with van der Waals surface area (Å²) in [5, 5.41) is 19.4. The quantitative estimate of drug-likeness (QED) is 0.389. The predicted molar refractivity (Wildman–Crippen MR) is 136 cm³/mol. The zero-order valence-electron chi connectivity index (χ0n) is 20.6. The number of hydrogen-bond donors (Lipinski definition) is 2. The molecular weight excluding hydrogens is 436 g/mol. The van der Waals surface area contributed by atoms with Gasteiger partial charge in [0.25, 0.3) is 0 Å². The molecule has 2 aromatic heterocycles. The summed E-state index contributed by atoms with van der Waals surface area (Å²) in [6.07, 6.45) is 5.57. The van der Waals surface area contributed by atoms with Crippen LogP contribution in [-0.4, -0.2) is 41.9 Å². The molecule has 8 nitrogen and oxygen atoms in total. The Labute approximate surface area is 206 Å². The fraction of sp³-hybridized carbons (Fsp3) is 0.444. The first-order chi connectivity index (χ1) is 17.1. The average molecular weight is 471 g/mol. The Morgan fingerprint density at radius 3 is 2.40 bits per heavy atom. The smallest absolute Gasteiger partial charge is 0.180 e. The first kappa shape index (κ1) is 23.4. The summed E-state index contributed by atoms with van der Waals surface area (Å²) < 4.78 is 2.15. The van der Waals surface area contributed by atoms with Gasteiger partial charge in [-0.3, -0.25) is 0 Å². The van der Waals surface area contributed by atoms with Crippen LogP contribution in [-0.2, 0) is 13.0 Å². The number of rotatable bonds is 8. The molecule has 35 heavy (non-hydrogen) atoms. The number of nitrogens with two attached hydrogens (primary N) is 1. The Hall–Kier alpha value is -3.39. The van der Waals surface area contributed by atoms with Crippen molar-refractivity contribution >= 4 is 0 Å². The van der Waals surface area contributed by atoms with Gasteiger partial charge in [0, 0.05) is 17.9 Å². The van der Waals surface area contributed by atoms with Crippen LogP contribution in [0.1, 0.15) is 62.7 Å². The summed E-state index contributed by atoms with van der Waals surface area (Å²) >= 11 is 0. The Morgan fingerprint density at radius 2 is 1.74 bits per heavy atom. The van der Waals surface area contributed by atoms with Crippen LogP contribution in [0.25, 0.3) is 22.5 Å². The molecule has 0 atom stereocenters. The SMILES string of the molecule is CC(C)Cc1nc(C2CCC(CN)CC2)n(Cc2ccc(-c3ccccc3-c3nnn[nH]3)cc2)n1. The molecule has 8 heteroatoms. The summed E-state index contributed by atoms with van der Waals surface area (Å²) in [6.45, 7) is 5.96. The van der Waals surface area contributed by atoms with Crippen LogP contribution >= 0.6 is 0 Å². The number of aromatic amines is 1. The van der Waals surface area contributed by atoms with E-state index in [4.69, 9.17) is 15.8 Å². The van der Waals surface area contributed by atoms with Gasteiger partial charge < -0.3 is 5.73 Å². The lowest BCUT2D eigenvalue weighted by molar-refractivity contribution is 0.319. The maximum Gasteiger partial charge on any atom is 0.180 e. The van der Waals surface area contributed by atoms with Crippen molar-refractivity contribution < 1.29 is 0 Å². The average Bonchev–Trinajstić information content (AvgIpc) is 3.55. The molecule has 3 N–H and O–H groups in total. The number of aromatic nitrogens is 7. The Bertz CT molecular complexity index is 1220. The molecule has 5 rings (SSSR count). The van der Waals surface area contributed by atoms with Crippen LogP contribution in [0.15, 0.2) is 48.5 Å². The second kappa shape index (κ2) is 10.5. The van der Waals surface area contributed by atoms with Gasteiger partial charge in [0.05, 0.1) is 6.54 Å². The van der Waals surface area contributed by atoms with Crippen LogP contribution in [0.2, 0.25) is 0 Å². The van der Waals surface area contributed by atoms with Gasteiger partial charge in [-0.05, 0) is 71.2 Å². The molecule has 0 saturated heterocycles. The second-order valence-corrected chi connectivity index (χ2v) is 10.1. The molecule has 2 heterocycles. The highest BCUT2D eigenvalue weighted by Gasteiger charge is 2.26. The topological polar surface area (TPSA) is 111 Å². The number of nitrogens with one attached hydrogen (secondary N) is 1. The molecule has 0 amide bonds. The fourth-order valence-corrected chi connectivity index (χ4v) is 5.11. The Balaban J connectivity index is 1.38. The zero-order chi connectivity index (χ0) is 24.2. The van der Waals surface area contributed by atoms with Crippen molar-refractivity contribution in [1.29, 1.82) is 0 Å².